The maximum absolute atomic E-state index is 6.14. The van der Waals surface area contributed by atoms with Gasteiger partial charge in [0, 0.05) is 12.4 Å². The second-order valence-corrected chi connectivity index (χ2v) is 4.53. The zero-order chi connectivity index (χ0) is 13.0. The van der Waals surface area contributed by atoms with E-state index in [4.69, 9.17) is 29.0 Å². The number of aromatic nitrogens is 2. The van der Waals surface area contributed by atoms with Crippen LogP contribution in [0.3, 0.4) is 0 Å². The van der Waals surface area contributed by atoms with Crippen LogP contribution in [0.4, 0.5) is 0 Å². The summed E-state index contributed by atoms with van der Waals surface area (Å²) >= 11 is 12.1. The summed E-state index contributed by atoms with van der Waals surface area (Å²) in [5.41, 5.74) is 3.59. The second-order valence-electron chi connectivity index (χ2n) is 3.74. The van der Waals surface area contributed by atoms with Gasteiger partial charge in [0.15, 0.2) is 0 Å². The summed E-state index contributed by atoms with van der Waals surface area (Å²) < 4.78 is 0. The van der Waals surface area contributed by atoms with Gasteiger partial charge < -0.3 is 0 Å². The lowest BCUT2D eigenvalue weighted by molar-refractivity contribution is 0.522. The van der Waals surface area contributed by atoms with E-state index in [1.165, 1.54) is 0 Å². The normalized spacial score (nSPS) is 12.4. The largest absolute Gasteiger partial charge is 0.271 e. The minimum atomic E-state index is -0.206. The molecule has 0 bridgehead atoms. The highest BCUT2D eigenvalue weighted by Crippen LogP contribution is 2.28. The maximum atomic E-state index is 6.14. The fraction of sp³-hybridized carbons (Fsp3) is 0.167. The third kappa shape index (κ3) is 2.97. The van der Waals surface area contributed by atoms with Crippen LogP contribution in [0.1, 0.15) is 17.4 Å². The molecule has 0 saturated heterocycles. The Bertz CT molecular complexity index is 519. The van der Waals surface area contributed by atoms with E-state index in [2.05, 4.69) is 15.4 Å². The average molecular weight is 283 g/mol. The van der Waals surface area contributed by atoms with Gasteiger partial charge in [-0.25, -0.2) is 15.4 Å². The second kappa shape index (κ2) is 6.11. The minimum Gasteiger partial charge on any atom is -0.271 e. The molecule has 0 spiro atoms. The van der Waals surface area contributed by atoms with Gasteiger partial charge in [-0.05, 0) is 24.1 Å². The molecule has 0 saturated carbocycles. The van der Waals surface area contributed by atoms with E-state index in [0.29, 0.717) is 22.3 Å². The molecule has 1 heterocycles. The first-order valence-electron chi connectivity index (χ1n) is 5.38. The van der Waals surface area contributed by atoms with Crippen molar-refractivity contribution in [3.63, 3.8) is 0 Å². The lowest BCUT2D eigenvalue weighted by Gasteiger charge is -2.15. The van der Waals surface area contributed by atoms with Gasteiger partial charge >= 0.3 is 0 Å². The van der Waals surface area contributed by atoms with Crippen LogP contribution in [0.15, 0.2) is 36.7 Å². The number of nitrogens with zero attached hydrogens (tertiary/aromatic N) is 2. The Labute approximate surface area is 115 Å². The van der Waals surface area contributed by atoms with Crippen LogP contribution in [0.25, 0.3) is 0 Å². The number of nitrogens with two attached hydrogens (primary N) is 1. The van der Waals surface area contributed by atoms with Crippen molar-refractivity contribution in [2.45, 2.75) is 12.5 Å². The molecule has 18 heavy (non-hydrogen) atoms. The molecule has 4 nitrogen and oxygen atoms in total. The van der Waals surface area contributed by atoms with Crippen LogP contribution in [0, 0.1) is 0 Å². The summed E-state index contributed by atoms with van der Waals surface area (Å²) in [6.07, 6.45) is 3.92. The fourth-order valence-electron chi connectivity index (χ4n) is 1.64. The fourth-order valence-corrected chi connectivity index (χ4v) is 2.04. The van der Waals surface area contributed by atoms with Crippen molar-refractivity contribution >= 4 is 23.2 Å². The number of hydrogen-bond acceptors (Lipinski definition) is 4. The topological polar surface area (TPSA) is 63.8 Å². The van der Waals surface area contributed by atoms with Crippen LogP contribution in [0.2, 0.25) is 10.0 Å². The summed E-state index contributed by atoms with van der Waals surface area (Å²) in [6, 6.07) is 7.05. The summed E-state index contributed by atoms with van der Waals surface area (Å²) in [6.45, 7) is 0. The van der Waals surface area contributed by atoms with Crippen molar-refractivity contribution < 1.29 is 0 Å². The zero-order valence-corrected chi connectivity index (χ0v) is 11.0. The molecule has 3 N–H and O–H groups in total. The molecule has 0 aliphatic heterocycles. The van der Waals surface area contributed by atoms with Gasteiger partial charge in [-0.15, -0.1) is 0 Å². The van der Waals surface area contributed by atoms with Crippen molar-refractivity contribution in [3.8, 4) is 0 Å². The van der Waals surface area contributed by atoms with Crippen molar-refractivity contribution in [1.29, 1.82) is 0 Å². The molecular weight excluding hydrogens is 271 g/mol. The number of benzene rings is 1. The first-order chi connectivity index (χ1) is 8.72. The lowest BCUT2D eigenvalue weighted by Crippen LogP contribution is -2.31. The molecule has 1 aromatic carbocycles. The molecule has 0 aliphatic carbocycles. The standard InChI is InChI=1S/C12H12Cl2N4/c13-9-4-1-3-8(11(9)14)7-10(18-15)12-16-5-2-6-17-12/h1-6,10,18H,7,15H2. The van der Waals surface area contributed by atoms with Crippen LogP contribution in [-0.4, -0.2) is 9.97 Å². The number of halogens is 2. The van der Waals surface area contributed by atoms with Crippen molar-refractivity contribution in [2.75, 3.05) is 0 Å². The molecule has 2 aromatic rings. The van der Waals surface area contributed by atoms with Crippen LogP contribution in [0.5, 0.6) is 0 Å². The molecular formula is C12H12Cl2N4. The van der Waals surface area contributed by atoms with E-state index in [1.54, 1.807) is 24.5 Å². The van der Waals surface area contributed by atoms with Gasteiger partial charge in [0.2, 0.25) is 0 Å². The summed E-state index contributed by atoms with van der Waals surface area (Å²) in [7, 11) is 0. The molecule has 2 rings (SSSR count). The quantitative estimate of drug-likeness (QED) is 0.668. The number of hydrazine groups is 1. The van der Waals surface area contributed by atoms with E-state index in [1.807, 2.05) is 12.1 Å². The highest BCUT2D eigenvalue weighted by molar-refractivity contribution is 6.42. The van der Waals surface area contributed by atoms with E-state index in [-0.39, 0.29) is 6.04 Å². The number of hydrogen-bond donors (Lipinski definition) is 2. The van der Waals surface area contributed by atoms with Gasteiger partial charge in [-0.2, -0.15) is 0 Å². The van der Waals surface area contributed by atoms with Crippen LogP contribution >= 0.6 is 23.2 Å². The number of nitrogens with one attached hydrogen (secondary N) is 1. The Morgan fingerprint density at radius 2 is 1.89 bits per heavy atom. The molecule has 0 radical (unpaired) electrons. The Morgan fingerprint density at radius 1 is 1.17 bits per heavy atom. The van der Waals surface area contributed by atoms with Gasteiger partial charge in [-0.3, -0.25) is 5.84 Å². The predicted molar refractivity (Wildman–Crippen MR) is 72.3 cm³/mol. The lowest BCUT2D eigenvalue weighted by atomic mass is 10.1. The van der Waals surface area contributed by atoms with Crippen LogP contribution < -0.4 is 11.3 Å². The summed E-state index contributed by atoms with van der Waals surface area (Å²) in [4.78, 5) is 8.34. The SMILES string of the molecule is NNC(Cc1cccc(Cl)c1Cl)c1ncccn1. The summed E-state index contributed by atoms with van der Waals surface area (Å²) in [5.74, 6) is 6.16. The van der Waals surface area contributed by atoms with E-state index < -0.39 is 0 Å². The van der Waals surface area contributed by atoms with Crippen molar-refractivity contribution in [2.24, 2.45) is 5.84 Å². The third-order valence-electron chi connectivity index (χ3n) is 2.55. The first-order valence-corrected chi connectivity index (χ1v) is 6.14. The smallest absolute Gasteiger partial charge is 0.146 e. The molecule has 94 valence electrons. The molecule has 0 fully saturated rings. The van der Waals surface area contributed by atoms with Crippen LogP contribution in [-0.2, 0) is 6.42 Å². The third-order valence-corrected chi connectivity index (χ3v) is 3.41. The first kappa shape index (κ1) is 13.2. The predicted octanol–water partition coefficient (Wildman–Crippen LogP) is 2.53. The average Bonchev–Trinajstić information content (AvgIpc) is 2.41. The van der Waals surface area contributed by atoms with E-state index >= 15 is 0 Å². The maximum Gasteiger partial charge on any atom is 0.146 e. The molecule has 1 atom stereocenters. The Morgan fingerprint density at radius 3 is 2.56 bits per heavy atom. The highest BCUT2D eigenvalue weighted by atomic mass is 35.5. The van der Waals surface area contributed by atoms with E-state index in [0.717, 1.165) is 5.56 Å². The minimum absolute atomic E-state index is 0.206. The Hall–Kier alpha value is -1.20. The molecule has 6 heteroatoms. The number of rotatable bonds is 4. The molecule has 1 aromatic heterocycles. The van der Waals surface area contributed by atoms with Crippen molar-refractivity contribution in [1.82, 2.24) is 15.4 Å². The molecule has 0 aliphatic rings. The van der Waals surface area contributed by atoms with Crippen molar-refractivity contribution in [3.05, 3.63) is 58.1 Å². The van der Waals surface area contributed by atoms with Gasteiger partial charge in [-0.1, -0.05) is 35.3 Å². The monoisotopic (exact) mass is 282 g/mol. The van der Waals surface area contributed by atoms with Gasteiger partial charge in [0.05, 0.1) is 16.1 Å². The highest BCUT2D eigenvalue weighted by Gasteiger charge is 2.15. The molecule has 1 unspecified atom stereocenters. The Balaban J connectivity index is 2.24. The van der Waals surface area contributed by atoms with Gasteiger partial charge in [0.1, 0.15) is 5.82 Å². The Kier molecular flexibility index (Phi) is 4.49. The van der Waals surface area contributed by atoms with E-state index in [9.17, 15) is 0 Å². The van der Waals surface area contributed by atoms with Gasteiger partial charge in [0.25, 0.3) is 0 Å². The zero-order valence-electron chi connectivity index (χ0n) is 9.48. The summed E-state index contributed by atoms with van der Waals surface area (Å²) in [5, 5.41) is 1.06. The molecule has 0 amide bonds.